The van der Waals surface area contributed by atoms with Gasteiger partial charge in [0.2, 0.25) is 5.88 Å². The maximum Gasteiger partial charge on any atom is 0.217 e. The number of hydrogen-bond acceptors (Lipinski definition) is 4. The first kappa shape index (κ1) is 12.9. The summed E-state index contributed by atoms with van der Waals surface area (Å²) in [6, 6.07) is 3.91. The van der Waals surface area contributed by atoms with Crippen LogP contribution in [0.3, 0.4) is 0 Å². The number of pyridine rings is 1. The Hall–Kier alpha value is -1.13. The summed E-state index contributed by atoms with van der Waals surface area (Å²) in [4.78, 5) is 4.13. The Morgan fingerprint density at radius 2 is 2.25 bits per heavy atom. The van der Waals surface area contributed by atoms with Crippen LogP contribution in [0.2, 0.25) is 0 Å². The monoisotopic (exact) mass is 224 g/mol. The summed E-state index contributed by atoms with van der Waals surface area (Å²) in [5.74, 6) is 0.680. The number of hydrogen-bond donors (Lipinski definition) is 1. The predicted octanol–water partition coefficient (Wildman–Crippen LogP) is 1.60. The van der Waals surface area contributed by atoms with Crippen molar-refractivity contribution in [1.82, 2.24) is 10.3 Å². The Morgan fingerprint density at radius 1 is 1.44 bits per heavy atom. The molecule has 1 heterocycles. The summed E-state index contributed by atoms with van der Waals surface area (Å²) < 4.78 is 10.6. The molecule has 0 aromatic carbocycles. The Kier molecular flexibility index (Phi) is 5.82. The van der Waals surface area contributed by atoms with Crippen LogP contribution in [0.1, 0.15) is 19.4 Å². The van der Waals surface area contributed by atoms with Gasteiger partial charge in [0.05, 0.1) is 19.8 Å². The standard InChI is InChI=1S/C12H20N2O2/c1-10(2)16-8-7-13-9-11-5-4-6-14-12(11)15-3/h4-6,10,13H,7-9H2,1-3H3. The molecule has 0 unspecified atom stereocenters. The van der Waals surface area contributed by atoms with Crippen LogP contribution in [0.4, 0.5) is 0 Å². The number of rotatable bonds is 7. The molecule has 1 N–H and O–H groups in total. The van der Waals surface area contributed by atoms with Crippen LogP contribution < -0.4 is 10.1 Å². The van der Waals surface area contributed by atoms with Crippen molar-refractivity contribution in [1.29, 1.82) is 0 Å². The van der Waals surface area contributed by atoms with E-state index in [0.29, 0.717) is 5.88 Å². The maximum absolute atomic E-state index is 5.43. The highest BCUT2D eigenvalue weighted by Crippen LogP contribution is 2.12. The van der Waals surface area contributed by atoms with Gasteiger partial charge in [-0.15, -0.1) is 0 Å². The molecule has 4 nitrogen and oxygen atoms in total. The van der Waals surface area contributed by atoms with E-state index >= 15 is 0 Å². The number of nitrogens with one attached hydrogen (secondary N) is 1. The molecule has 0 saturated carbocycles. The van der Waals surface area contributed by atoms with Gasteiger partial charge in [-0.25, -0.2) is 4.98 Å². The molecular formula is C12H20N2O2. The zero-order chi connectivity index (χ0) is 11.8. The molecule has 0 aliphatic carbocycles. The molecule has 0 aliphatic rings. The minimum atomic E-state index is 0.287. The maximum atomic E-state index is 5.43. The first-order valence-electron chi connectivity index (χ1n) is 5.54. The Bertz CT molecular complexity index is 303. The summed E-state index contributed by atoms with van der Waals surface area (Å²) in [5, 5.41) is 3.29. The lowest BCUT2D eigenvalue weighted by molar-refractivity contribution is 0.0806. The van der Waals surface area contributed by atoms with Crippen molar-refractivity contribution in [3.05, 3.63) is 23.9 Å². The van der Waals surface area contributed by atoms with E-state index in [9.17, 15) is 0 Å². The molecule has 1 rings (SSSR count). The Labute approximate surface area is 97.0 Å². The summed E-state index contributed by atoms with van der Waals surface area (Å²) in [7, 11) is 1.63. The summed E-state index contributed by atoms with van der Waals surface area (Å²) in [6.07, 6.45) is 2.01. The van der Waals surface area contributed by atoms with Crippen molar-refractivity contribution >= 4 is 0 Å². The molecule has 0 aliphatic heterocycles. The average molecular weight is 224 g/mol. The van der Waals surface area contributed by atoms with Gasteiger partial charge in [-0.05, 0) is 19.9 Å². The van der Waals surface area contributed by atoms with E-state index in [1.54, 1.807) is 13.3 Å². The Balaban J connectivity index is 2.26. The number of aromatic nitrogens is 1. The summed E-state index contributed by atoms with van der Waals surface area (Å²) in [6.45, 7) is 6.36. The van der Waals surface area contributed by atoms with Crippen molar-refractivity contribution in [2.75, 3.05) is 20.3 Å². The molecule has 16 heavy (non-hydrogen) atoms. The molecule has 0 atom stereocenters. The van der Waals surface area contributed by atoms with E-state index in [1.165, 1.54) is 0 Å². The minimum absolute atomic E-state index is 0.287. The SMILES string of the molecule is COc1ncccc1CNCCOC(C)C. The van der Waals surface area contributed by atoms with E-state index in [4.69, 9.17) is 9.47 Å². The van der Waals surface area contributed by atoms with Gasteiger partial charge in [0, 0.05) is 24.8 Å². The van der Waals surface area contributed by atoms with Crippen molar-refractivity contribution in [2.24, 2.45) is 0 Å². The second kappa shape index (κ2) is 7.19. The van der Waals surface area contributed by atoms with Crippen LogP contribution in [0, 0.1) is 0 Å². The van der Waals surface area contributed by atoms with Gasteiger partial charge in [0.1, 0.15) is 0 Å². The fourth-order valence-electron chi connectivity index (χ4n) is 1.33. The van der Waals surface area contributed by atoms with Crippen LogP contribution >= 0.6 is 0 Å². The van der Waals surface area contributed by atoms with Crippen molar-refractivity contribution in [2.45, 2.75) is 26.5 Å². The zero-order valence-corrected chi connectivity index (χ0v) is 10.2. The van der Waals surface area contributed by atoms with Crippen LogP contribution in [0.25, 0.3) is 0 Å². The molecule has 0 bridgehead atoms. The fraction of sp³-hybridized carbons (Fsp3) is 0.583. The first-order valence-corrected chi connectivity index (χ1v) is 5.54. The quantitative estimate of drug-likeness (QED) is 0.714. The van der Waals surface area contributed by atoms with Crippen molar-refractivity contribution in [3.8, 4) is 5.88 Å². The van der Waals surface area contributed by atoms with E-state index in [2.05, 4.69) is 10.3 Å². The third-order valence-electron chi connectivity index (χ3n) is 2.09. The van der Waals surface area contributed by atoms with Gasteiger partial charge in [0.25, 0.3) is 0 Å². The van der Waals surface area contributed by atoms with E-state index < -0.39 is 0 Å². The molecule has 0 saturated heterocycles. The van der Waals surface area contributed by atoms with Crippen LogP contribution in [0.15, 0.2) is 18.3 Å². The topological polar surface area (TPSA) is 43.4 Å². The molecule has 1 aromatic heterocycles. The molecule has 0 radical (unpaired) electrons. The molecule has 4 heteroatoms. The molecule has 0 fully saturated rings. The van der Waals surface area contributed by atoms with Crippen molar-refractivity contribution < 1.29 is 9.47 Å². The Morgan fingerprint density at radius 3 is 2.94 bits per heavy atom. The summed E-state index contributed by atoms with van der Waals surface area (Å²) in [5.41, 5.74) is 1.06. The largest absolute Gasteiger partial charge is 0.481 e. The molecule has 0 spiro atoms. The number of nitrogens with zero attached hydrogens (tertiary/aromatic N) is 1. The highest BCUT2D eigenvalue weighted by molar-refractivity contribution is 5.24. The summed E-state index contributed by atoms with van der Waals surface area (Å²) >= 11 is 0. The molecule has 1 aromatic rings. The van der Waals surface area contributed by atoms with Crippen LogP contribution in [-0.4, -0.2) is 31.3 Å². The lowest BCUT2D eigenvalue weighted by Gasteiger charge is -2.10. The fourth-order valence-corrected chi connectivity index (χ4v) is 1.33. The van der Waals surface area contributed by atoms with Gasteiger partial charge in [0.15, 0.2) is 0 Å². The van der Waals surface area contributed by atoms with E-state index in [-0.39, 0.29) is 6.10 Å². The van der Waals surface area contributed by atoms with Crippen molar-refractivity contribution in [3.63, 3.8) is 0 Å². The molecular weight excluding hydrogens is 204 g/mol. The minimum Gasteiger partial charge on any atom is -0.481 e. The highest BCUT2D eigenvalue weighted by atomic mass is 16.5. The predicted molar refractivity (Wildman–Crippen MR) is 63.6 cm³/mol. The lowest BCUT2D eigenvalue weighted by atomic mass is 10.2. The first-order chi connectivity index (χ1) is 7.74. The van der Waals surface area contributed by atoms with Gasteiger partial charge in [-0.2, -0.15) is 0 Å². The van der Waals surface area contributed by atoms with Gasteiger partial charge < -0.3 is 14.8 Å². The third-order valence-corrected chi connectivity index (χ3v) is 2.09. The smallest absolute Gasteiger partial charge is 0.217 e. The van der Waals surface area contributed by atoms with Gasteiger partial charge in [-0.3, -0.25) is 0 Å². The zero-order valence-electron chi connectivity index (χ0n) is 10.2. The number of methoxy groups -OCH3 is 1. The number of ether oxygens (including phenoxy) is 2. The second-order valence-electron chi connectivity index (χ2n) is 3.77. The normalized spacial score (nSPS) is 10.8. The van der Waals surface area contributed by atoms with Gasteiger partial charge in [-0.1, -0.05) is 6.07 Å². The van der Waals surface area contributed by atoms with Gasteiger partial charge >= 0.3 is 0 Å². The highest BCUT2D eigenvalue weighted by Gasteiger charge is 2.01. The van der Waals surface area contributed by atoms with E-state index in [1.807, 2.05) is 26.0 Å². The van der Waals surface area contributed by atoms with Crippen LogP contribution in [0.5, 0.6) is 5.88 Å². The molecule has 0 amide bonds. The lowest BCUT2D eigenvalue weighted by Crippen LogP contribution is -2.21. The average Bonchev–Trinajstić information content (AvgIpc) is 2.29. The van der Waals surface area contributed by atoms with E-state index in [0.717, 1.165) is 25.3 Å². The van der Waals surface area contributed by atoms with Crippen LogP contribution in [-0.2, 0) is 11.3 Å². The molecule has 90 valence electrons. The second-order valence-corrected chi connectivity index (χ2v) is 3.77. The third kappa shape index (κ3) is 4.59.